The number of nitrogens with one attached hydrogen (secondary N) is 1. The zero-order chi connectivity index (χ0) is 15.5. The van der Waals surface area contributed by atoms with Crippen molar-refractivity contribution in [1.82, 2.24) is 20.1 Å². The third kappa shape index (κ3) is 3.44. The smallest absolute Gasteiger partial charge is 0.181 e. The van der Waals surface area contributed by atoms with E-state index in [0.29, 0.717) is 19.1 Å². The molecule has 2 fully saturated rings. The van der Waals surface area contributed by atoms with Crippen LogP contribution in [0.2, 0.25) is 0 Å². The number of likely N-dealkylation sites (tertiary alicyclic amines) is 1. The maximum atomic E-state index is 5.56. The lowest BCUT2D eigenvalue weighted by Crippen LogP contribution is -2.40. The van der Waals surface area contributed by atoms with E-state index >= 15 is 0 Å². The van der Waals surface area contributed by atoms with Gasteiger partial charge in [0.25, 0.3) is 0 Å². The van der Waals surface area contributed by atoms with E-state index < -0.39 is 0 Å². The van der Waals surface area contributed by atoms with Crippen molar-refractivity contribution in [2.24, 2.45) is 0 Å². The number of nitrogens with zero attached hydrogens (tertiary/aromatic N) is 3. The Balaban J connectivity index is 1.42. The second-order valence-electron chi connectivity index (χ2n) is 6.18. The molecule has 2 aliphatic rings. The Hall–Kier alpha value is -1.76. The number of hydrogen-bond donors (Lipinski definition) is 1. The number of H-pyrrole nitrogens is 1. The predicted molar refractivity (Wildman–Crippen MR) is 85.9 cm³/mol. The van der Waals surface area contributed by atoms with E-state index in [9.17, 15) is 0 Å². The number of aromatic amines is 1. The van der Waals surface area contributed by atoms with Crippen molar-refractivity contribution in [2.45, 2.75) is 25.0 Å². The third-order valence-electron chi connectivity index (χ3n) is 4.52. The second kappa shape index (κ2) is 6.78. The van der Waals surface area contributed by atoms with Crippen molar-refractivity contribution in [3.05, 3.63) is 36.2 Å². The number of aromatic nitrogens is 3. The minimum Gasteiger partial charge on any atom is -0.349 e. The van der Waals surface area contributed by atoms with Crippen LogP contribution in [0.3, 0.4) is 0 Å². The van der Waals surface area contributed by atoms with Crippen LogP contribution in [0.25, 0.3) is 11.4 Å². The fraction of sp³-hybridized carbons (Fsp3) is 0.529. The summed E-state index contributed by atoms with van der Waals surface area (Å²) in [6, 6.07) is 10.1. The van der Waals surface area contributed by atoms with Gasteiger partial charge in [-0.1, -0.05) is 30.3 Å². The lowest BCUT2D eigenvalue weighted by molar-refractivity contribution is -0.0653. The molecule has 0 amide bonds. The summed E-state index contributed by atoms with van der Waals surface area (Å²) in [7, 11) is 0. The fourth-order valence-corrected chi connectivity index (χ4v) is 3.34. The van der Waals surface area contributed by atoms with Gasteiger partial charge in [-0.2, -0.15) is 5.10 Å². The van der Waals surface area contributed by atoms with Crippen molar-refractivity contribution in [2.75, 3.05) is 32.8 Å². The molecular weight excluding hydrogens is 292 g/mol. The Morgan fingerprint density at radius 3 is 2.83 bits per heavy atom. The zero-order valence-electron chi connectivity index (χ0n) is 13.1. The van der Waals surface area contributed by atoms with Crippen LogP contribution < -0.4 is 0 Å². The highest BCUT2D eigenvalue weighted by Gasteiger charge is 2.27. The minimum absolute atomic E-state index is 0.0663. The molecule has 0 saturated carbocycles. The topological polar surface area (TPSA) is 63.3 Å². The van der Waals surface area contributed by atoms with Gasteiger partial charge in [0.1, 0.15) is 5.82 Å². The van der Waals surface area contributed by atoms with Crippen molar-refractivity contribution < 1.29 is 9.47 Å². The van der Waals surface area contributed by atoms with Gasteiger partial charge in [-0.05, 0) is 19.4 Å². The van der Waals surface area contributed by atoms with Crippen LogP contribution in [-0.2, 0) is 9.47 Å². The molecule has 1 aromatic heterocycles. The molecule has 4 rings (SSSR count). The first-order chi connectivity index (χ1) is 11.4. The van der Waals surface area contributed by atoms with E-state index in [1.807, 2.05) is 30.3 Å². The summed E-state index contributed by atoms with van der Waals surface area (Å²) in [6.45, 7) is 4.34. The first-order valence-corrected chi connectivity index (χ1v) is 8.32. The SMILES string of the molecule is c1ccc(-c2n[nH]c(C3CCCN(CC4OCCO4)C3)n2)cc1. The summed E-state index contributed by atoms with van der Waals surface area (Å²) in [5.41, 5.74) is 1.05. The highest BCUT2D eigenvalue weighted by molar-refractivity contribution is 5.53. The molecule has 0 radical (unpaired) electrons. The van der Waals surface area contributed by atoms with Crippen molar-refractivity contribution in [3.8, 4) is 11.4 Å². The van der Waals surface area contributed by atoms with Gasteiger partial charge in [-0.25, -0.2) is 4.98 Å². The van der Waals surface area contributed by atoms with Crippen LogP contribution in [0.15, 0.2) is 30.3 Å². The molecule has 1 atom stereocenters. The molecule has 0 bridgehead atoms. The highest BCUT2D eigenvalue weighted by Crippen LogP contribution is 2.26. The van der Waals surface area contributed by atoms with Crippen LogP contribution in [0.1, 0.15) is 24.6 Å². The van der Waals surface area contributed by atoms with Gasteiger partial charge in [-0.3, -0.25) is 10.00 Å². The first kappa shape index (κ1) is 14.8. The molecule has 0 spiro atoms. The largest absolute Gasteiger partial charge is 0.349 e. The van der Waals surface area contributed by atoms with E-state index in [1.54, 1.807) is 0 Å². The Morgan fingerprint density at radius 2 is 2.00 bits per heavy atom. The van der Waals surface area contributed by atoms with Gasteiger partial charge >= 0.3 is 0 Å². The summed E-state index contributed by atoms with van der Waals surface area (Å²) in [5, 5.41) is 7.52. The second-order valence-corrected chi connectivity index (χ2v) is 6.18. The van der Waals surface area contributed by atoms with Crippen LogP contribution in [0.4, 0.5) is 0 Å². The molecule has 1 aromatic carbocycles. The fourth-order valence-electron chi connectivity index (χ4n) is 3.34. The molecule has 2 aliphatic heterocycles. The molecule has 122 valence electrons. The lowest BCUT2D eigenvalue weighted by Gasteiger charge is -2.32. The molecule has 6 nitrogen and oxygen atoms in total. The predicted octanol–water partition coefficient (Wildman–Crippen LogP) is 2.02. The third-order valence-corrected chi connectivity index (χ3v) is 4.52. The van der Waals surface area contributed by atoms with E-state index in [0.717, 1.165) is 43.3 Å². The molecule has 1 unspecified atom stereocenters. The Labute approximate surface area is 135 Å². The normalized spacial score (nSPS) is 23.4. The minimum atomic E-state index is -0.0663. The van der Waals surface area contributed by atoms with Gasteiger partial charge in [0.15, 0.2) is 12.1 Å². The number of piperidine rings is 1. The maximum absolute atomic E-state index is 5.56. The Kier molecular flexibility index (Phi) is 4.37. The maximum Gasteiger partial charge on any atom is 0.181 e. The summed E-state index contributed by atoms with van der Waals surface area (Å²) in [5.74, 6) is 2.16. The van der Waals surface area contributed by atoms with E-state index in [4.69, 9.17) is 14.5 Å². The van der Waals surface area contributed by atoms with Crippen LogP contribution >= 0.6 is 0 Å². The molecular formula is C17H22N4O2. The van der Waals surface area contributed by atoms with E-state index in [-0.39, 0.29) is 6.29 Å². The Morgan fingerprint density at radius 1 is 1.17 bits per heavy atom. The van der Waals surface area contributed by atoms with Gasteiger partial charge in [0.05, 0.1) is 13.2 Å². The monoisotopic (exact) mass is 314 g/mol. The van der Waals surface area contributed by atoms with E-state index in [2.05, 4.69) is 15.1 Å². The van der Waals surface area contributed by atoms with Gasteiger partial charge < -0.3 is 9.47 Å². The Bertz CT molecular complexity index is 625. The van der Waals surface area contributed by atoms with Crippen LogP contribution in [0, 0.1) is 0 Å². The summed E-state index contributed by atoms with van der Waals surface area (Å²) in [6.07, 6.45) is 2.24. The standard InChI is InChI=1S/C17H22N4O2/c1-2-5-13(6-3-1)16-18-17(20-19-16)14-7-4-8-21(11-14)12-15-22-9-10-23-15/h1-3,5-6,14-15H,4,7-12H2,(H,18,19,20). The van der Waals surface area contributed by atoms with Crippen molar-refractivity contribution >= 4 is 0 Å². The molecule has 3 heterocycles. The average molecular weight is 314 g/mol. The highest BCUT2D eigenvalue weighted by atomic mass is 16.7. The summed E-state index contributed by atoms with van der Waals surface area (Å²) in [4.78, 5) is 7.13. The van der Waals surface area contributed by atoms with Crippen LogP contribution in [0.5, 0.6) is 0 Å². The lowest BCUT2D eigenvalue weighted by atomic mass is 9.97. The number of benzene rings is 1. The molecule has 2 saturated heterocycles. The quantitative estimate of drug-likeness (QED) is 0.935. The van der Waals surface area contributed by atoms with E-state index in [1.165, 1.54) is 6.42 Å². The molecule has 6 heteroatoms. The zero-order valence-corrected chi connectivity index (χ0v) is 13.1. The van der Waals surface area contributed by atoms with Gasteiger partial charge in [0.2, 0.25) is 0 Å². The van der Waals surface area contributed by atoms with Crippen molar-refractivity contribution in [1.29, 1.82) is 0 Å². The number of rotatable bonds is 4. The molecule has 2 aromatic rings. The van der Waals surface area contributed by atoms with Crippen molar-refractivity contribution in [3.63, 3.8) is 0 Å². The number of ether oxygens (including phenoxy) is 2. The number of hydrogen-bond acceptors (Lipinski definition) is 5. The molecule has 1 N–H and O–H groups in total. The molecule has 23 heavy (non-hydrogen) atoms. The van der Waals surface area contributed by atoms with Crippen LogP contribution in [-0.4, -0.2) is 59.2 Å². The first-order valence-electron chi connectivity index (χ1n) is 8.32. The average Bonchev–Trinajstić information content (AvgIpc) is 3.28. The summed E-state index contributed by atoms with van der Waals surface area (Å²) < 4.78 is 11.1. The molecule has 0 aliphatic carbocycles. The summed E-state index contributed by atoms with van der Waals surface area (Å²) >= 11 is 0. The van der Waals surface area contributed by atoms with Gasteiger partial charge in [-0.15, -0.1) is 0 Å². The van der Waals surface area contributed by atoms with Gasteiger partial charge in [0, 0.05) is 24.6 Å².